The van der Waals surface area contributed by atoms with Crippen molar-refractivity contribution in [3.05, 3.63) is 176 Å². The number of halogens is 10. The van der Waals surface area contributed by atoms with Crippen LogP contribution in [-0.4, -0.2) is 9.97 Å². The second kappa shape index (κ2) is 17.4. The Morgan fingerprint density at radius 1 is 0.397 bits per heavy atom. The van der Waals surface area contributed by atoms with Crippen LogP contribution in [0.3, 0.4) is 0 Å². The first kappa shape index (κ1) is 40.4. The summed E-state index contributed by atoms with van der Waals surface area (Å²) in [6, 6.07) is 25.9. The van der Waals surface area contributed by atoms with Crippen molar-refractivity contribution in [3.8, 4) is 34.1 Å². The van der Waals surface area contributed by atoms with Gasteiger partial charge in [0.05, 0.1) is 18.5 Å². The summed E-state index contributed by atoms with van der Waals surface area (Å²) < 4.78 is 127. The molecule has 0 amide bonds. The predicted molar refractivity (Wildman–Crippen MR) is 218 cm³/mol. The normalized spacial score (nSPS) is 11.2. The molecule has 0 fully saturated rings. The largest absolute Gasteiger partial charge is 0.450 e. The molecule has 0 bridgehead atoms. The highest BCUT2D eigenvalue weighted by molar-refractivity contribution is 14.1. The van der Waals surface area contributed by atoms with Crippen molar-refractivity contribution in [2.24, 2.45) is 10.2 Å². The topological polar surface area (TPSA) is 69.0 Å². The van der Waals surface area contributed by atoms with E-state index in [0.29, 0.717) is 21.5 Å². The summed E-state index contributed by atoms with van der Waals surface area (Å²) in [5.74, 6) is -17.3. The van der Waals surface area contributed by atoms with Gasteiger partial charge in [-0.25, -0.2) is 17.6 Å². The number of pyridine rings is 2. The predicted octanol–water partition coefficient (Wildman–Crippen LogP) is 14.5. The molecular weight excluding hydrogens is 998 g/mol. The maximum Gasteiger partial charge on any atom is 0.205 e. The Morgan fingerprint density at radius 3 is 1.07 bits per heavy atom. The summed E-state index contributed by atoms with van der Waals surface area (Å²) in [4.78, 5) is 7.78. The van der Waals surface area contributed by atoms with Gasteiger partial charge in [0.2, 0.25) is 34.8 Å². The summed E-state index contributed by atoms with van der Waals surface area (Å²) in [7, 11) is 0. The third-order valence-corrected chi connectivity index (χ3v) is 10.3. The number of hydrogen-bond acceptors (Lipinski definition) is 6. The molecular formula is C42H20F8I2N4O2. The van der Waals surface area contributed by atoms with Crippen molar-refractivity contribution in [3.63, 3.8) is 0 Å². The van der Waals surface area contributed by atoms with Crippen LogP contribution in [0.4, 0.5) is 46.5 Å². The second-order valence-electron chi connectivity index (χ2n) is 11.9. The van der Waals surface area contributed by atoms with Gasteiger partial charge in [-0.1, -0.05) is 60.7 Å². The van der Waals surface area contributed by atoms with Gasteiger partial charge in [-0.05, 0) is 103 Å². The molecule has 2 aromatic heterocycles. The molecule has 290 valence electrons. The lowest BCUT2D eigenvalue weighted by atomic mass is 9.92. The standard InChI is InChI=1S/C32H12F8I2O2.C10H8N4/c33-21-25(37)31(26(38)22(34)29(21)41)43-17-11-9-13-5-1-3-7-15(13)19(17)20-16-8-4-2-6-14(16)10-12-18(20)44-32-27(39)23(35)30(42)24(36)28(32)40;1-5-11-6-2-9(1)13-14-10-3-7-12-8-4-10/h1-12H;1-8H. The first-order valence-electron chi connectivity index (χ1n) is 16.6. The number of aromatic nitrogens is 2. The minimum atomic E-state index is -1.80. The molecule has 6 nitrogen and oxygen atoms in total. The molecule has 6 aromatic carbocycles. The number of azo groups is 1. The van der Waals surface area contributed by atoms with Gasteiger partial charge < -0.3 is 9.47 Å². The van der Waals surface area contributed by atoms with Gasteiger partial charge in [0, 0.05) is 35.9 Å². The van der Waals surface area contributed by atoms with Crippen molar-refractivity contribution < 1.29 is 44.6 Å². The molecule has 0 unspecified atom stereocenters. The highest BCUT2D eigenvalue weighted by Crippen LogP contribution is 2.49. The Hall–Kier alpha value is -5.76. The Bertz CT molecular complexity index is 2620. The minimum absolute atomic E-state index is 0.0281. The Morgan fingerprint density at radius 2 is 0.724 bits per heavy atom. The lowest BCUT2D eigenvalue weighted by Gasteiger charge is -2.20. The summed E-state index contributed by atoms with van der Waals surface area (Å²) in [5.41, 5.74) is 1.63. The molecule has 0 atom stereocenters. The third kappa shape index (κ3) is 8.02. The molecule has 0 aliphatic heterocycles. The maximum atomic E-state index is 15.0. The van der Waals surface area contributed by atoms with Crippen LogP contribution in [0.1, 0.15) is 0 Å². The second-order valence-corrected chi connectivity index (χ2v) is 14.1. The fourth-order valence-corrected chi connectivity index (χ4v) is 6.64. The van der Waals surface area contributed by atoms with Gasteiger partial charge >= 0.3 is 0 Å². The van der Waals surface area contributed by atoms with Crippen LogP contribution >= 0.6 is 45.2 Å². The fraction of sp³-hybridized carbons (Fsp3) is 0. The minimum Gasteiger partial charge on any atom is -0.450 e. The zero-order chi connectivity index (χ0) is 41.1. The van der Waals surface area contributed by atoms with E-state index in [1.807, 2.05) is 0 Å². The number of ether oxygens (including phenoxy) is 2. The number of hydrogen-bond donors (Lipinski definition) is 0. The van der Waals surface area contributed by atoms with Crippen LogP contribution in [0.5, 0.6) is 23.0 Å². The molecule has 0 radical (unpaired) electrons. The SMILES string of the molecule is Fc1c(F)c(Oc2ccc3ccccc3c2-c2c(Oc3c(F)c(F)c(I)c(F)c3F)ccc3ccccc23)c(F)c(F)c1I.c1cc(N=Nc2ccncc2)ccn1. The zero-order valence-electron chi connectivity index (χ0n) is 28.9. The first-order valence-corrected chi connectivity index (χ1v) is 18.8. The van der Waals surface area contributed by atoms with Gasteiger partial charge in [0.1, 0.15) is 11.5 Å². The Balaban J connectivity index is 0.000000307. The average Bonchev–Trinajstić information content (AvgIpc) is 3.26. The number of nitrogens with zero attached hydrogens (tertiary/aromatic N) is 4. The van der Waals surface area contributed by atoms with Crippen LogP contribution < -0.4 is 9.47 Å². The monoisotopic (exact) mass is 1020 g/mol. The van der Waals surface area contributed by atoms with E-state index in [9.17, 15) is 35.1 Å². The lowest BCUT2D eigenvalue weighted by molar-refractivity contribution is 0.361. The van der Waals surface area contributed by atoms with Crippen LogP contribution in [0.15, 0.2) is 132 Å². The molecule has 0 aliphatic carbocycles. The third-order valence-electron chi connectivity index (χ3n) is 8.40. The molecule has 0 spiro atoms. The van der Waals surface area contributed by atoms with Gasteiger partial charge in [0.15, 0.2) is 23.3 Å². The maximum absolute atomic E-state index is 15.0. The van der Waals surface area contributed by atoms with E-state index in [2.05, 4.69) is 20.2 Å². The summed E-state index contributed by atoms with van der Waals surface area (Å²) >= 11 is 2.23. The van der Waals surface area contributed by atoms with Gasteiger partial charge in [-0.15, -0.1) is 0 Å². The number of rotatable bonds is 7. The van der Waals surface area contributed by atoms with E-state index >= 15 is 0 Å². The Labute approximate surface area is 350 Å². The first-order chi connectivity index (χ1) is 28.0. The highest BCUT2D eigenvalue weighted by atomic mass is 127. The lowest BCUT2D eigenvalue weighted by Crippen LogP contribution is -2.05. The van der Waals surface area contributed by atoms with Crippen LogP contribution in [-0.2, 0) is 0 Å². The molecule has 58 heavy (non-hydrogen) atoms. The molecule has 8 aromatic rings. The van der Waals surface area contributed by atoms with Crippen LogP contribution in [0.25, 0.3) is 32.7 Å². The molecule has 0 saturated heterocycles. The van der Waals surface area contributed by atoms with Gasteiger partial charge in [-0.2, -0.15) is 27.8 Å². The molecule has 0 N–H and O–H groups in total. The van der Waals surface area contributed by atoms with Crippen molar-refractivity contribution in [2.45, 2.75) is 0 Å². The van der Waals surface area contributed by atoms with E-state index < -0.39 is 65.2 Å². The van der Waals surface area contributed by atoms with Crippen molar-refractivity contribution in [2.75, 3.05) is 0 Å². The average molecular weight is 1020 g/mol. The summed E-state index contributed by atoms with van der Waals surface area (Å²) in [5, 5.41) is 9.90. The van der Waals surface area contributed by atoms with E-state index in [4.69, 9.17) is 9.47 Å². The summed E-state index contributed by atoms with van der Waals surface area (Å²) in [6.45, 7) is 0. The smallest absolute Gasteiger partial charge is 0.205 e. The highest BCUT2D eigenvalue weighted by Gasteiger charge is 2.30. The van der Waals surface area contributed by atoms with Gasteiger partial charge in [0.25, 0.3) is 0 Å². The Kier molecular flexibility index (Phi) is 12.1. The van der Waals surface area contributed by atoms with Crippen molar-refractivity contribution in [1.82, 2.24) is 9.97 Å². The molecule has 8 rings (SSSR count). The van der Waals surface area contributed by atoms with Gasteiger partial charge in [-0.3, -0.25) is 9.97 Å². The van der Waals surface area contributed by atoms with Crippen LogP contribution in [0.2, 0.25) is 0 Å². The molecule has 0 saturated carbocycles. The molecule has 16 heteroatoms. The van der Waals surface area contributed by atoms with Crippen molar-refractivity contribution >= 4 is 78.1 Å². The zero-order valence-corrected chi connectivity index (χ0v) is 33.2. The van der Waals surface area contributed by atoms with E-state index in [-0.39, 0.29) is 22.6 Å². The fourth-order valence-electron chi connectivity index (χ4n) is 5.69. The quantitative estimate of drug-likeness (QED) is 0.0524. The number of fused-ring (bicyclic) bond motifs is 2. The summed E-state index contributed by atoms with van der Waals surface area (Å²) in [6.07, 6.45) is 6.73. The number of benzene rings is 6. The van der Waals surface area contributed by atoms with Crippen molar-refractivity contribution in [1.29, 1.82) is 0 Å². The molecule has 2 heterocycles. The van der Waals surface area contributed by atoms with E-state index in [1.54, 1.807) is 97.6 Å². The molecule has 0 aliphatic rings. The van der Waals surface area contributed by atoms with E-state index in [1.165, 1.54) is 24.3 Å². The van der Waals surface area contributed by atoms with Crippen LogP contribution in [0, 0.1) is 53.7 Å². The van der Waals surface area contributed by atoms with E-state index in [0.717, 1.165) is 56.6 Å².